The van der Waals surface area contributed by atoms with Gasteiger partial charge in [-0.15, -0.1) is 0 Å². The second kappa shape index (κ2) is 6.00. The van der Waals surface area contributed by atoms with Crippen molar-refractivity contribution in [1.82, 2.24) is 0 Å². The summed E-state index contributed by atoms with van der Waals surface area (Å²) in [6.45, 7) is 2.43. The molecule has 0 aromatic heterocycles. The van der Waals surface area contributed by atoms with Crippen molar-refractivity contribution in [2.75, 3.05) is 13.7 Å². The number of benzene rings is 1. The van der Waals surface area contributed by atoms with E-state index in [1.54, 1.807) is 18.2 Å². The molecular formula is C12H16O4. The Morgan fingerprint density at radius 2 is 2.19 bits per heavy atom. The molecule has 0 heterocycles. The standard InChI is InChI=1S/C12H16O4/c1-3-16-10-6-4-9(11(13)8-10)5-7-12(14)15-2/h4,6,8,13H,3,5,7H2,1-2H3. The number of carbonyl (C=O) groups is 1. The van der Waals surface area contributed by atoms with Crippen LogP contribution in [0.5, 0.6) is 11.5 Å². The Morgan fingerprint density at radius 1 is 1.44 bits per heavy atom. The molecule has 16 heavy (non-hydrogen) atoms. The zero-order valence-electron chi connectivity index (χ0n) is 9.53. The van der Waals surface area contributed by atoms with E-state index in [9.17, 15) is 9.90 Å². The SMILES string of the molecule is CCOc1ccc(CCC(=O)OC)c(O)c1. The van der Waals surface area contributed by atoms with E-state index >= 15 is 0 Å². The molecule has 0 saturated carbocycles. The molecule has 1 rings (SSSR count). The van der Waals surface area contributed by atoms with Gasteiger partial charge in [-0.25, -0.2) is 0 Å². The maximum atomic E-state index is 10.9. The number of aryl methyl sites for hydroxylation is 1. The summed E-state index contributed by atoms with van der Waals surface area (Å²) in [7, 11) is 1.35. The third-order valence-electron chi connectivity index (χ3n) is 2.19. The van der Waals surface area contributed by atoms with E-state index in [4.69, 9.17) is 4.74 Å². The maximum absolute atomic E-state index is 10.9. The number of hydrogen-bond acceptors (Lipinski definition) is 4. The van der Waals surface area contributed by atoms with Crippen molar-refractivity contribution in [3.8, 4) is 11.5 Å². The molecule has 1 aromatic carbocycles. The van der Waals surface area contributed by atoms with Gasteiger partial charge in [-0.05, 0) is 25.0 Å². The number of esters is 1. The molecule has 0 aliphatic rings. The quantitative estimate of drug-likeness (QED) is 0.776. The van der Waals surface area contributed by atoms with Crippen LogP contribution < -0.4 is 4.74 Å². The normalized spacial score (nSPS) is 9.88. The highest BCUT2D eigenvalue weighted by Crippen LogP contribution is 2.24. The van der Waals surface area contributed by atoms with E-state index in [-0.39, 0.29) is 18.1 Å². The van der Waals surface area contributed by atoms with Crippen LogP contribution in [0.25, 0.3) is 0 Å². The number of rotatable bonds is 5. The Hall–Kier alpha value is -1.71. The second-order valence-electron chi connectivity index (χ2n) is 3.30. The highest BCUT2D eigenvalue weighted by atomic mass is 16.5. The molecule has 1 N–H and O–H groups in total. The third kappa shape index (κ3) is 3.46. The molecule has 88 valence electrons. The van der Waals surface area contributed by atoms with Gasteiger partial charge in [-0.2, -0.15) is 0 Å². The van der Waals surface area contributed by atoms with Gasteiger partial charge in [0.05, 0.1) is 13.7 Å². The lowest BCUT2D eigenvalue weighted by Crippen LogP contribution is -2.02. The maximum Gasteiger partial charge on any atom is 0.305 e. The average molecular weight is 224 g/mol. The number of phenols is 1. The molecule has 0 fully saturated rings. The second-order valence-corrected chi connectivity index (χ2v) is 3.30. The largest absolute Gasteiger partial charge is 0.508 e. The van der Waals surface area contributed by atoms with Crippen molar-refractivity contribution in [1.29, 1.82) is 0 Å². The fraction of sp³-hybridized carbons (Fsp3) is 0.417. The molecule has 0 aliphatic carbocycles. The lowest BCUT2D eigenvalue weighted by atomic mass is 10.1. The first-order chi connectivity index (χ1) is 7.67. The van der Waals surface area contributed by atoms with Crippen LogP contribution in [0.3, 0.4) is 0 Å². The van der Waals surface area contributed by atoms with Gasteiger partial charge in [0, 0.05) is 12.5 Å². The minimum absolute atomic E-state index is 0.148. The molecule has 4 heteroatoms. The lowest BCUT2D eigenvalue weighted by molar-refractivity contribution is -0.140. The van der Waals surface area contributed by atoms with Crippen LogP contribution in [0.15, 0.2) is 18.2 Å². The first-order valence-corrected chi connectivity index (χ1v) is 5.19. The molecule has 0 unspecified atom stereocenters. The fourth-order valence-corrected chi connectivity index (χ4v) is 1.35. The average Bonchev–Trinajstić information content (AvgIpc) is 2.28. The number of hydrogen-bond donors (Lipinski definition) is 1. The summed E-state index contributed by atoms with van der Waals surface area (Å²) in [5.41, 5.74) is 0.717. The van der Waals surface area contributed by atoms with Crippen molar-refractivity contribution >= 4 is 5.97 Å². The minimum atomic E-state index is -0.284. The number of phenolic OH excluding ortho intramolecular Hbond substituents is 1. The summed E-state index contributed by atoms with van der Waals surface area (Å²) in [6, 6.07) is 5.08. The van der Waals surface area contributed by atoms with Crippen LogP contribution >= 0.6 is 0 Å². The van der Waals surface area contributed by atoms with Gasteiger partial charge in [-0.1, -0.05) is 6.07 Å². The summed E-state index contributed by atoms with van der Waals surface area (Å²) in [5.74, 6) is 0.491. The van der Waals surface area contributed by atoms with Crippen LogP contribution in [-0.2, 0) is 16.0 Å². The molecule has 0 radical (unpaired) electrons. The van der Waals surface area contributed by atoms with Gasteiger partial charge >= 0.3 is 5.97 Å². The number of carbonyl (C=O) groups excluding carboxylic acids is 1. The molecule has 4 nitrogen and oxygen atoms in total. The Bertz CT molecular complexity index is 360. The highest BCUT2D eigenvalue weighted by Gasteiger charge is 2.06. The van der Waals surface area contributed by atoms with Crippen molar-refractivity contribution in [3.63, 3.8) is 0 Å². The van der Waals surface area contributed by atoms with Gasteiger partial charge < -0.3 is 14.6 Å². The molecule has 0 spiro atoms. The van der Waals surface area contributed by atoms with Gasteiger partial charge in [0.1, 0.15) is 11.5 Å². The summed E-state index contributed by atoms with van der Waals surface area (Å²) >= 11 is 0. The Morgan fingerprint density at radius 3 is 2.75 bits per heavy atom. The van der Waals surface area contributed by atoms with Gasteiger partial charge in [-0.3, -0.25) is 4.79 Å². The molecule has 0 aliphatic heterocycles. The predicted octanol–water partition coefficient (Wildman–Crippen LogP) is 1.90. The number of ether oxygens (including phenoxy) is 2. The van der Waals surface area contributed by atoms with Crippen LogP contribution in [0, 0.1) is 0 Å². The molecule has 0 amide bonds. The van der Waals surface area contributed by atoms with E-state index in [1.165, 1.54) is 7.11 Å². The zero-order chi connectivity index (χ0) is 12.0. The first-order valence-electron chi connectivity index (χ1n) is 5.19. The van der Waals surface area contributed by atoms with E-state index in [1.807, 2.05) is 6.92 Å². The van der Waals surface area contributed by atoms with E-state index < -0.39 is 0 Å². The molecule has 0 saturated heterocycles. The van der Waals surface area contributed by atoms with Crippen LogP contribution in [-0.4, -0.2) is 24.8 Å². The smallest absolute Gasteiger partial charge is 0.305 e. The van der Waals surface area contributed by atoms with Gasteiger partial charge in [0.25, 0.3) is 0 Å². The Kier molecular flexibility index (Phi) is 4.64. The summed E-state index contributed by atoms with van der Waals surface area (Å²) in [6.07, 6.45) is 0.725. The van der Waals surface area contributed by atoms with Crippen LogP contribution in [0.1, 0.15) is 18.9 Å². The molecule has 0 bridgehead atoms. The van der Waals surface area contributed by atoms with E-state index in [0.717, 1.165) is 0 Å². The lowest BCUT2D eigenvalue weighted by Gasteiger charge is -2.07. The van der Waals surface area contributed by atoms with Crippen molar-refractivity contribution < 1.29 is 19.4 Å². The topological polar surface area (TPSA) is 55.8 Å². The van der Waals surface area contributed by atoms with E-state index in [0.29, 0.717) is 24.3 Å². The van der Waals surface area contributed by atoms with E-state index in [2.05, 4.69) is 4.74 Å². The summed E-state index contributed by atoms with van der Waals surface area (Å²) in [5, 5.41) is 9.67. The van der Waals surface area contributed by atoms with Crippen molar-refractivity contribution in [2.24, 2.45) is 0 Å². The number of methoxy groups -OCH3 is 1. The Balaban J connectivity index is 2.64. The van der Waals surface area contributed by atoms with Gasteiger partial charge in [0.15, 0.2) is 0 Å². The van der Waals surface area contributed by atoms with Crippen LogP contribution in [0.4, 0.5) is 0 Å². The molecular weight excluding hydrogens is 208 g/mol. The minimum Gasteiger partial charge on any atom is -0.508 e. The third-order valence-corrected chi connectivity index (χ3v) is 2.19. The number of aromatic hydroxyl groups is 1. The summed E-state index contributed by atoms with van der Waals surface area (Å²) < 4.78 is 9.77. The monoisotopic (exact) mass is 224 g/mol. The Labute approximate surface area is 94.8 Å². The zero-order valence-corrected chi connectivity index (χ0v) is 9.53. The van der Waals surface area contributed by atoms with Crippen LogP contribution in [0.2, 0.25) is 0 Å². The summed E-state index contributed by atoms with van der Waals surface area (Å²) in [4.78, 5) is 10.9. The van der Waals surface area contributed by atoms with Crippen molar-refractivity contribution in [3.05, 3.63) is 23.8 Å². The van der Waals surface area contributed by atoms with Crippen molar-refractivity contribution in [2.45, 2.75) is 19.8 Å². The van der Waals surface area contributed by atoms with Gasteiger partial charge in [0.2, 0.25) is 0 Å². The first kappa shape index (κ1) is 12.4. The fourth-order valence-electron chi connectivity index (χ4n) is 1.35. The molecule has 1 aromatic rings. The predicted molar refractivity (Wildman–Crippen MR) is 59.6 cm³/mol. The molecule has 0 atom stereocenters. The highest BCUT2D eigenvalue weighted by molar-refractivity contribution is 5.69.